The minimum atomic E-state index is -3.40. The number of fused-ring (bicyclic) bond motifs is 1. The van der Waals surface area contributed by atoms with Crippen LogP contribution in [0.2, 0.25) is 0 Å². The van der Waals surface area contributed by atoms with E-state index in [1.54, 1.807) is 22.8 Å². The minimum Gasteiger partial charge on any atom is -0.423 e. The number of sulfone groups is 1. The molecule has 0 bridgehead atoms. The highest BCUT2D eigenvalue weighted by Crippen LogP contribution is 2.34. The molecule has 2 rings (SSSR count). The van der Waals surface area contributed by atoms with Crippen LogP contribution in [0.25, 0.3) is 0 Å². The Morgan fingerprint density at radius 3 is 2.50 bits per heavy atom. The molecule has 0 spiro atoms. The maximum absolute atomic E-state index is 12.3. The van der Waals surface area contributed by atoms with Gasteiger partial charge in [-0.1, -0.05) is 6.92 Å². The fourth-order valence-electron chi connectivity index (χ4n) is 2.57. The van der Waals surface area contributed by atoms with Crippen LogP contribution in [-0.4, -0.2) is 57.1 Å². The summed E-state index contributed by atoms with van der Waals surface area (Å²) in [5.41, 5.74) is 0.546. The number of carbonyl (C=O) groups is 2. The van der Waals surface area contributed by atoms with Crippen LogP contribution in [0, 0.1) is 0 Å². The van der Waals surface area contributed by atoms with Crippen molar-refractivity contribution in [3.05, 3.63) is 18.2 Å². The second kappa shape index (κ2) is 7.21. The van der Waals surface area contributed by atoms with Crippen LogP contribution in [0.4, 0.5) is 5.69 Å². The van der Waals surface area contributed by atoms with Crippen LogP contribution >= 0.6 is 0 Å². The molecule has 0 unspecified atom stereocenters. The Morgan fingerprint density at radius 2 is 1.92 bits per heavy atom. The van der Waals surface area contributed by atoms with Crippen molar-refractivity contribution in [3.63, 3.8) is 0 Å². The third-order valence-electron chi connectivity index (χ3n) is 4.00. The molecule has 1 aliphatic heterocycles. The zero-order valence-corrected chi connectivity index (χ0v) is 14.9. The fourth-order valence-corrected chi connectivity index (χ4v) is 3.47. The molecule has 0 atom stereocenters. The first-order valence-electron chi connectivity index (χ1n) is 7.92. The number of hydrogen-bond acceptors (Lipinski definition) is 6. The number of hydrogen-bond donors (Lipinski definition) is 0. The molecule has 0 N–H and O–H groups in total. The molecule has 0 fully saturated rings. The first kappa shape index (κ1) is 18.3. The number of likely N-dealkylation sites (N-methyl/N-ethyl adjacent to an activating group) is 1. The molecule has 7 nitrogen and oxygen atoms in total. The lowest BCUT2D eigenvalue weighted by Gasteiger charge is -2.31. The average molecular weight is 354 g/mol. The zero-order valence-electron chi connectivity index (χ0n) is 14.1. The molecule has 0 aliphatic carbocycles. The molecule has 1 aliphatic rings. The summed E-state index contributed by atoms with van der Waals surface area (Å²) < 4.78 is 29.1. The highest BCUT2D eigenvalue weighted by molar-refractivity contribution is 7.91. The maximum atomic E-state index is 12.3. The Kier molecular flexibility index (Phi) is 5.48. The summed E-state index contributed by atoms with van der Waals surface area (Å²) >= 11 is 0. The van der Waals surface area contributed by atoms with E-state index in [0.29, 0.717) is 18.8 Å². The standard InChI is InChI=1S/C16H22N2O5S/c1-4-17(5-2)15(19)10-18-11-16(20)23-14-9-12(7-8-13(14)18)24(21,22)6-3/h7-9H,4-6,10-11H2,1-3H3. The lowest BCUT2D eigenvalue weighted by atomic mass is 10.2. The van der Waals surface area contributed by atoms with Crippen molar-refractivity contribution in [3.8, 4) is 5.75 Å². The zero-order chi connectivity index (χ0) is 17.9. The minimum absolute atomic E-state index is 0.0378. The van der Waals surface area contributed by atoms with Crippen molar-refractivity contribution in [1.29, 1.82) is 0 Å². The predicted octanol–water partition coefficient (Wildman–Crippen LogP) is 1.07. The van der Waals surface area contributed by atoms with Gasteiger partial charge < -0.3 is 14.5 Å². The molecule has 0 aromatic heterocycles. The summed E-state index contributed by atoms with van der Waals surface area (Å²) in [4.78, 5) is 27.5. The molecule has 1 aromatic carbocycles. The fraction of sp³-hybridized carbons (Fsp3) is 0.500. The van der Waals surface area contributed by atoms with Gasteiger partial charge in [-0.3, -0.25) is 4.79 Å². The quantitative estimate of drug-likeness (QED) is 0.561. The highest BCUT2D eigenvalue weighted by Gasteiger charge is 2.28. The number of rotatable bonds is 6. The van der Waals surface area contributed by atoms with Gasteiger partial charge in [0.15, 0.2) is 15.6 Å². The molecule has 0 saturated carbocycles. The maximum Gasteiger partial charge on any atom is 0.331 e. The van der Waals surface area contributed by atoms with E-state index in [-0.39, 0.29) is 35.4 Å². The topological polar surface area (TPSA) is 84.0 Å². The molecule has 0 saturated heterocycles. The van der Waals surface area contributed by atoms with Crippen LogP contribution in [0.5, 0.6) is 5.75 Å². The molecule has 1 amide bonds. The summed E-state index contributed by atoms with van der Waals surface area (Å²) in [5, 5.41) is 0. The van der Waals surface area contributed by atoms with Gasteiger partial charge in [-0.2, -0.15) is 0 Å². The van der Waals surface area contributed by atoms with E-state index in [1.807, 2.05) is 13.8 Å². The Balaban J connectivity index is 2.33. The summed E-state index contributed by atoms with van der Waals surface area (Å²) in [7, 11) is -3.40. The average Bonchev–Trinajstić information content (AvgIpc) is 2.55. The first-order chi connectivity index (χ1) is 11.3. The van der Waals surface area contributed by atoms with Crippen molar-refractivity contribution < 1.29 is 22.7 Å². The molecule has 24 heavy (non-hydrogen) atoms. The van der Waals surface area contributed by atoms with E-state index in [4.69, 9.17) is 4.74 Å². The Hall–Kier alpha value is -2.09. The van der Waals surface area contributed by atoms with Crippen LogP contribution in [0.15, 0.2) is 23.1 Å². The lowest BCUT2D eigenvalue weighted by molar-refractivity contribution is -0.133. The van der Waals surface area contributed by atoms with E-state index in [0.717, 1.165) is 0 Å². The number of anilines is 1. The predicted molar refractivity (Wildman–Crippen MR) is 89.9 cm³/mol. The van der Waals surface area contributed by atoms with Crippen molar-refractivity contribution >= 4 is 27.4 Å². The summed E-state index contributed by atoms with van der Waals surface area (Å²) in [6, 6.07) is 4.41. The van der Waals surface area contributed by atoms with Gasteiger partial charge in [0.2, 0.25) is 5.91 Å². The van der Waals surface area contributed by atoms with Gasteiger partial charge >= 0.3 is 5.97 Å². The van der Waals surface area contributed by atoms with Gasteiger partial charge in [0, 0.05) is 19.2 Å². The third-order valence-corrected chi connectivity index (χ3v) is 5.73. The van der Waals surface area contributed by atoms with E-state index < -0.39 is 15.8 Å². The molecular weight excluding hydrogens is 332 g/mol. The van der Waals surface area contributed by atoms with E-state index in [1.165, 1.54) is 12.1 Å². The molecule has 0 radical (unpaired) electrons. The largest absolute Gasteiger partial charge is 0.423 e. The molecule has 1 heterocycles. The van der Waals surface area contributed by atoms with Crippen LogP contribution in [-0.2, 0) is 19.4 Å². The smallest absolute Gasteiger partial charge is 0.331 e. The number of esters is 1. The summed E-state index contributed by atoms with van der Waals surface area (Å²) in [6.45, 7) is 6.52. The van der Waals surface area contributed by atoms with Gasteiger partial charge in [0.05, 0.1) is 22.9 Å². The summed E-state index contributed by atoms with van der Waals surface area (Å²) in [5.74, 6) is -0.468. The van der Waals surface area contributed by atoms with E-state index in [9.17, 15) is 18.0 Å². The van der Waals surface area contributed by atoms with Gasteiger partial charge in [-0.25, -0.2) is 13.2 Å². The van der Waals surface area contributed by atoms with Crippen LogP contribution < -0.4 is 9.64 Å². The van der Waals surface area contributed by atoms with E-state index >= 15 is 0 Å². The SMILES string of the molecule is CCN(CC)C(=O)CN1CC(=O)Oc2cc(S(=O)(=O)CC)ccc21. The third kappa shape index (κ3) is 3.69. The van der Waals surface area contributed by atoms with Crippen LogP contribution in [0.1, 0.15) is 20.8 Å². The highest BCUT2D eigenvalue weighted by atomic mass is 32.2. The molecule has 132 valence electrons. The van der Waals surface area contributed by atoms with Crippen molar-refractivity contribution in [2.75, 3.05) is 36.8 Å². The monoisotopic (exact) mass is 354 g/mol. The Labute approximate surface area is 142 Å². The van der Waals surface area contributed by atoms with Crippen LogP contribution in [0.3, 0.4) is 0 Å². The second-order valence-corrected chi connectivity index (χ2v) is 7.71. The van der Waals surface area contributed by atoms with Gasteiger partial charge in [0.1, 0.15) is 6.54 Å². The first-order valence-corrected chi connectivity index (χ1v) is 9.57. The Morgan fingerprint density at radius 1 is 1.25 bits per heavy atom. The van der Waals surface area contributed by atoms with Gasteiger partial charge in [-0.05, 0) is 26.0 Å². The van der Waals surface area contributed by atoms with Crippen molar-refractivity contribution in [2.45, 2.75) is 25.7 Å². The number of ether oxygens (including phenoxy) is 1. The van der Waals surface area contributed by atoms with Gasteiger partial charge in [0.25, 0.3) is 0 Å². The van der Waals surface area contributed by atoms with E-state index in [2.05, 4.69) is 0 Å². The summed E-state index contributed by atoms with van der Waals surface area (Å²) in [6.07, 6.45) is 0. The number of benzene rings is 1. The number of amides is 1. The van der Waals surface area contributed by atoms with Crippen molar-refractivity contribution in [2.24, 2.45) is 0 Å². The molecule has 8 heteroatoms. The molecule has 1 aromatic rings. The van der Waals surface area contributed by atoms with Crippen molar-refractivity contribution in [1.82, 2.24) is 4.90 Å². The molecular formula is C16H22N2O5S. The number of carbonyl (C=O) groups excluding carboxylic acids is 2. The number of nitrogens with zero attached hydrogens (tertiary/aromatic N) is 2. The second-order valence-electron chi connectivity index (χ2n) is 5.43. The normalized spacial score (nSPS) is 14.1. The lowest BCUT2D eigenvalue weighted by Crippen LogP contribution is -2.44. The van der Waals surface area contributed by atoms with Gasteiger partial charge in [-0.15, -0.1) is 0 Å². The Bertz CT molecular complexity index is 741.